The van der Waals surface area contributed by atoms with E-state index < -0.39 is 0 Å². The van der Waals surface area contributed by atoms with Gasteiger partial charge in [0.25, 0.3) is 0 Å². The fraction of sp³-hybridized carbons (Fsp3) is 0.421. The third-order valence-corrected chi connectivity index (χ3v) is 4.97. The van der Waals surface area contributed by atoms with Gasteiger partial charge in [-0.1, -0.05) is 17.7 Å². The number of rotatable bonds is 5. The highest BCUT2D eigenvalue weighted by Crippen LogP contribution is 2.30. The zero-order valence-corrected chi connectivity index (χ0v) is 14.7. The van der Waals surface area contributed by atoms with E-state index in [1.807, 2.05) is 35.3 Å². The maximum atomic E-state index is 5.98. The molecule has 1 aliphatic rings. The van der Waals surface area contributed by atoms with E-state index in [0.717, 1.165) is 18.7 Å². The van der Waals surface area contributed by atoms with Crippen molar-refractivity contribution >= 4 is 0 Å². The van der Waals surface area contributed by atoms with Gasteiger partial charge in [-0.3, -0.25) is 9.58 Å². The van der Waals surface area contributed by atoms with Gasteiger partial charge in [-0.25, -0.2) is 0 Å². The van der Waals surface area contributed by atoms with Crippen LogP contribution in [0.3, 0.4) is 0 Å². The molecular weight excluding hydrogens is 314 g/mol. The van der Waals surface area contributed by atoms with E-state index in [-0.39, 0.29) is 6.04 Å². The Morgan fingerprint density at radius 1 is 1.24 bits per heavy atom. The summed E-state index contributed by atoms with van der Waals surface area (Å²) in [5, 5.41) is 12.9. The molecule has 0 saturated carbocycles. The van der Waals surface area contributed by atoms with Crippen molar-refractivity contribution in [2.24, 2.45) is 0 Å². The van der Waals surface area contributed by atoms with Crippen LogP contribution in [0, 0.1) is 6.92 Å². The zero-order chi connectivity index (χ0) is 17.2. The summed E-state index contributed by atoms with van der Waals surface area (Å²) in [6, 6.07) is 10.7. The van der Waals surface area contributed by atoms with Crippen molar-refractivity contribution in [3.8, 4) is 11.5 Å². The Bertz CT molecular complexity index is 809. The average molecular weight is 337 g/mol. The van der Waals surface area contributed by atoms with Crippen LogP contribution in [-0.2, 0) is 6.54 Å². The number of benzene rings is 1. The molecular formula is C19H23N5O. The zero-order valence-electron chi connectivity index (χ0n) is 14.7. The molecule has 6 heteroatoms. The highest BCUT2D eigenvalue weighted by Gasteiger charge is 2.32. The van der Waals surface area contributed by atoms with E-state index >= 15 is 0 Å². The van der Waals surface area contributed by atoms with Crippen LogP contribution in [-0.4, -0.2) is 37.5 Å². The second-order valence-electron chi connectivity index (χ2n) is 6.75. The average Bonchev–Trinajstić information content (AvgIpc) is 3.37. The van der Waals surface area contributed by atoms with Crippen molar-refractivity contribution in [3.63, 3.8) is 0 Å². The molecule has 0 radical (unpaired) electrons. The molecule has 0 spiro atoms. The lowest BCUT2D eigenvalue weighted by molar-refractivity contribution is 0.152. The molecule has 1 aromatic carbocycles. The standard InChI is InChI=1S/C19H23N5O/c1-14-6-8-16(9-7-14)19-22-21-18(25-19)15(2)24-12-3-5-17(24)13-23-11-4-10-20-23/h4,6-11,15,17H,3,5,12-13H2,1-2H3/t15-,17+/m0/s1. The molecule has 6 nitrogen and oxygen atoms in total. The Hall–Kier alpha value is -2.47. The summed E-state index contributed by atoms with van der Waals surface area (Å²) in [6.07, 6.45) is 6.20. The first kappa shape index (κ1) is 16.0. The van der Waals surface area contributed by atoms with Gasteiger partial charge in [-0.05, 0) is 51.4 Å². The molecule has 1 aliphatic heterocycles. The lowest BCUT2D eigenvalue weighted by Gasteiger charge is -2.28. The molecule has 25 heavy (non-hydrogen) atoms. The fourth-order valence-electron chi connectivity index (χ4n) is 3.55. The molecule has 0 aliphatic carbocycles. The Morgan fingerprint density at radius 3 is 2.84 bits per heavy atom. The number of aryl methyl sites for hydroxylation is 1. The Kier molecular flexibility index (Phi) is 4.36. The van der Waals surface area contributed by atoms with Crippen LogP contribution in [0.15, 0.2) is 47.1 Å². The lowest BCUT2D eigenvalue weighted by Crippen LogP contribution is -2.35. The monoisotopic (exact) mass is 337 g/mol. The molecule has 2 atom stereocenters. The van der Waals surface area contributed by atoms with Crippen LogP contribution in [0.25, 0.3) is 11.5 Å². The van der Waals surface area contributed by atoms with E-state index in [0.29, 0.717) is 17.8 Å². The Labute approximate surface area is 147 Å². The maximum Gasteiger partial charge on any atom is 0.247 e. The predicted molar refractivity (Wildman–Crippen MR) is 94.8 cm³/mol. The van der Waals surface area contributed by atoms with Gasteiger partial charge >= 0.3 is 0 Å². The number of aromatic nitrogens is 4. The van der Waals surface area contributed by atoms with Gasteiger partial charge in [0.2, 0.25) is 11.8 Å². The SMILES string of the molecule is Cc1ccc(-c2nnc([C@H](C)N3CCC[C@@H]3Cn3cccn3)o2)cc1. The van der Waals surface area contributed by atoms with Crippen LogP contribution in [0.4, 0.5) is 0 Å². The van der Waals surface area contributed by atoms with Crippen molar-refractivity contribution < 1.29 is 4.42 Å². The summed E-state index contributed by atoms with van der Waals surface area (Å²) in [7, 11) is 0. The summed E-state index contributed by atoms with van der Waals surface area (Å²) in [5.74, 6) is 1.27. The highest BCUT2D eigenvalue weighted by atomic mass is 16.4. The van der Waals surface area contributed by atoms with Crippen LogP contribution < -0.4 is 0 Å². The summed E-state index contributed by atoms with van der Waals surface area (Å²) in [6.45, 7) is 6.16. The van der Waals surface area contributed by atoms with Crippen molar-refractivity contribution in [2.75, 3.05) is 6.54 Å². The molecule has 0 amide bonds. The quantitative estimate of drug-likeness (QED) is 0.713. The maximum absolute atomic E-state index is 5.98. The van der Waals surface area contributed by atoms with Crippen molar-refractivity contribution in [2.45, 2.75) is 45.3 Å². The van der Waals surface area contributed by atoms with Crippen molar-refractivity contribution in [3.05, 3.63) is 54.2 Å². The molecule has 0 bridgehead atoms. The molecule has 1 fully saturated rings. The third-order valence-electron chi connectivity index (χ3n) is 4.97. The van der Waals surface area contributed by atoms with Gasteiger partial charge in [0.15, 0.2) is 0 Å². The fourth-order valence-corrected chi connectivity index (χ4v) is 3.55. The lowest BCUT2D eigenvalue weighted by atomic mass is 10.1. The second-order valence-corrected chi connectivity index (χ2v) is 6.75. The Morgan fingerprint density at radius 2 is 2.08 bits per heavy atom. The van der Waals surface area contributed by atoms with Gasteiger partial charge in [-0.2, -0.15) is 5.10 Å². The van der Waals surface area contributed by atoms with Crippen LogP contribution in [0.2, 0.25) is 0 Å². The van der Waals surface area contributed by atoms with E-state index in [2.05, 4.69) is 46.2 Å². The molecule has 2 aromatic heterocycles. The molecule has 1 saturated heterocycles. The first-order valence-corrected chi connectivity index (χ1v) is 8.84. The van der Waals surface area contributed by atoms with Gasteiger partial charge in [0, 0.05) is 24.0 Å². The highest BCUT2D eigenvalue weighted by molar-refractivity contribution is 5.52. The molecule has 0 unspecified atom stereocenters. The van der Waals surface area contributed by atoms with Crippen molar-refractivity contribution in [1.29, 1.82) is 0 Å². The van der Waals surface area contributed by atoms with Gasteiger partial charge < -0.3 is 4.42 Å². The minimum absolute atomic E-state index is 0.106. The molecule has 3 heterocycles. The van der Waals surface area contributed by atoms with E-state index in [1.165, 1.54) is 18.4 Å². The number of likely N-dealkylation sites (tertiary alicyclic amines) is 1. The van der Waals surface area contributed by atoms with E-state index in [1.54, 1.807) is 0 Å². The molecule has 3 aromatic rings. The van der Waals surface area contributed by atoms with Crippen LogP contribution in [0.1, 0.15) is 37.3 Å². The van der Waals surface area contributed by atoms with E-state index in [4.69, 9.17) is 4.42 Å². The van der Waals surface area contributed by atoms with Gasteiger partial charge in [-0.15, -0.1) is 10.2 Å². The first-order chi connectivity index (χ1) is 12.2. The van der Waals surface area contributed by atoms with Crippen LogP contribution >= 0.6 is 0 Å². The summed E-state index contributed by atoms with van der Waals surface area (Å²) < 4.78 is 7.98. The van der Waals surface area contributed by atoms with E-state index in [9.17, 15) is 0 Å². The predicted octanol–water partition coefficient (Wildman–Crippen LogP) is 3.47. The summed E-state index contributed by atoms with van der Waals surface area (Å²) in [4.78, 5) is 2.45. The normalized spacial score (nSPS) is 19.4. The summed E-state index contributed by atoms with van der Waals surface area (Å²) in [5.41, 5.74) is 2.18. The minimum Gasteiger partial charge on any atom is -0.419 e. The van der Waals surface area contributed by atoms with Crippen LogP contribution in [0.5, 0.6) is 0 Å². The second kappa shape index (κ2) is 6.80. The topological polar surface area (TPSA) is 60.0 Å². The third kappa shape index (κ3) is 3.35. The largest absolute Gasteiger partial charge is 0.419 e. The molecule has 0 N–H and O–H groups in total. The smallest absolute Gasteiger partial charge is 0.247 e. The first-order valence-electron chi connectivity index (χ1n) is 8.84. The van der Waals surface area contributed by atoms with Crippen molar-refractivity contribution in [1.82, 2.24) is 24.9 Å². The minimum atomic E-state index is 0.106. The number of hydrogen-bond acceptors (Lipinski definition) is 5. The number of hydrogen-bond donors (Lipinski definition) is 0. The molecule has 4 rings (SSSR count). The summed E-state index contributed by atoms with van der Waals surface area (Å²) >= 11 is 0. The Balaban J connectivity index is 1.50. The molecule has 130 valence electrons. The number of nitrogens with zero attached hydrogens (tertiary/aromatic N) is 5. The van der Waals surface area contributed by atoms with Gasteiger partial charge in [0.05, 0.1) is 12.6 Å². The van der Waals surface area contributed by atoms with Gasteiger partial charge in [0.1, 0.15) is 0 Å².